The number of hydrogen-bond acceptors (Lipinski definition) is 4. The summed E-state index contributed by atoms with van der Waals surface area (Å²) in [5, 5.41) is 17.4. The highest BCUT2D eigenvalue weighted by Gasteiger charge is 2.07. The van der Waals surface area contributed by atoms with Gasteiger partial charge in [-0.2, -0.15) is 0 Å². The topological polar surface area (TPSA) is 95.7 Å². The molecule has 0 aliphatic carbocycles. The molecule has 0 unspecified atom stereocenters. The molecule has 3 aromatic rings. The number of aromatic nitrogens is 3. The fraction of sp³-hybridized carbons (Fsp3) is 0.300. The van der Waals surface area contributed by atoms with E-state index in [9.17, 15) is 4.79 Å². The van der Waals surface area contributed by atoms with E-state index in [0.717, 1.165) is 23.6 Å². The first kappa shape index (κ1) is 19.3. The number of pyridine rings is 1. The minimum atomic E-state index is -0.133. The Balaban J connectivity index is 1.59. The Labute approximate surface area is 164 Å². The van der Waals surface area contributed by atoms with Gasteiger partial charge in [-0.05, 0) is 43.2 Å². The van der Waals surface area contributed by atoms with Gasteiger partial charge in [0.05, 0.1) is 6.54 Å². The Hall–Kier alpha value is -3.42. The standard InChI is InChI=1S/C20H25N7O/c1-3-15-8-7-9-16(12-15)24-19(28)14-23-20(21-4-2)22-13-18-26-25-17-10-5-6-11-27(17)18/h5-12H,3-4,13-14H2,1-2H3,(H,24,28)(H2,21,22,23). The maximum Gasteiger partial charge on any atom is 0.243 e. The smallest absolute Gasteiger partial charge is 0.243 e. The molecule has 0 saturated carbocycles. The largest absolute Gasteiger partial charge is 0.357 e. The van der Waals surface area contributed by atoms with Crippen molar-refractivity contribution in [2.24, 2.45) is 4.99 Å². The highest BCUT2D eigenvalue weighted by atomic mass is 16.1. The molecule has 8 heteroatoms. The van der Waals surface area contributed by atoms with Crippen LogP contribution in [0.1, 0.15) is 25.2 Å². The van der Waals surface area contributed by atoms with Crippen LogP contribution in [0.4, 0.5) is 5.69 Å². The third-order valence-corrected chi connectivity index (χ3v) is 4.14. The molecule has 3 N–H and O–H groups in total. The van der Waals surface area contributed by atoms with E-state index >= 15 is 0 Å². The van der Waals surface area contributed by atoms with E-state index in [1.807, 2.05) is 60.0 Å². The number of amides is 1. The lowest BCUT2D eigenvalue weighted by Crippen LogP contribution is -2.41. The molecular formula is C20H25N7O. The number of hydrogen-bond donors (Lipinski definition) is 3. The summed E-state index contributed by atoms with van der Waals surface area (Å²) >= 11 is 0. The molecule has 0 atom stereocenters. The normalized spacial score (nSPS) is 11.4. The van der Waals surface area contributed by atoms with Crippen LogP contribution in [0, 0.1) is 0 Å². The molecule has 3 rings (SSSR count). The molecule has 1 amide bonds. The third-order valence-electron chi connectivity index (χ3n) is 4.14. The molecule has 0 bridgehead atoms. The van der Waals surface area contributed by atoms with Gasteiger partial charge < -0.3 is 16.0 Å². The van der Waals surface area contributed by atoms with Gasteiger partial charge in [0.1, 0.15) is 6.54 Å². The van der Waals surface area contributed by atoms with Crippen LogP contribution in [0.15, 0.2) is 53.7 Å². The Morgan fingerprint density at radius 3 is 2.82 bits per heavy atom. The second kappa shape index (κ2) is 9.50. The zero-order chi connectivity index (χ0) is 19.8. The van der Waals surface area contributed by atoms with E-state index in [0.29, 0.717) is 19.0 Å². The third kappa shape index (κ3) is 5.06. The minimum Gasteiger partial charge on any atom is -0.357 e. The summed E-state index contributed by atoms with van der Waals surface area (Å²) in [6.07, 6.45) is 2.83. The van der Waals surface area contributed by atoms with Crippen LogP contribution in [0.3, 0.4) is 0 Å². The predicted octanol–water partition coefficient (Wildman–Crippen LogP) is 1.99. The zero-order valence-corrected chi connectivity index (χ0v) is 16.1. The van der Waals surface area contributed by atoms with E-state index in [2.05, 4.69) is 38.1 Å². The zero-order valence-electron chi connectivity index (χ0n) is 16.1. The van der Waals surface area contributed by atoms with Crippen molar-refractivity contribution >= 4 is 23.2 Å². The van der Waals surface area contributed by atoms with Crippen LogP contribution >= 0.6 is 0 Å². The monoisotopic (exact) mass is 379 g/mol. The molecule has 0 aliphatic rings. The lowest BCUT2D eigenvalue weighted by molar-refractivity contribution is -0.115. The van der Waals surface area contributed by atoms with Gasteiger partial charge >= 0.3 is 0 Å². The van der Waals surface area contributed by atoms with E-state index < -0.39 is 0 Å². The van der Waals surface area contributed by atoms with Crippen molar-refractivity contribution in [2.45, 2.75) is 26.8 Å². The molecule has 146 valence electrons. The number of guanidine groups is 1. The molecule has 1 aromatic carbocycles. The first-order valence-electron chi connectivity index (χ1n) is 9.39. The number of anilines is 1. The number of aliphatic imine (C=N–C) groups is 1. The van der Waals surface area contributed by atoms with Gasteiger partial charge in [-0.25, -0.2) is 4.99 Å². The summed E-state index contributed by atoms with van der Waals surface area (Å²) < 4.78 is 1.89. The first-order chi connectivity index (χ1) is 13.7. The van der Waals surface area contributed by atoms with Gasteiger partial charge in [-0.3, -0.25) is 9.20 Å². The van der Waals surface area contributed by atoms with Crippen molar-refractivity contribution in [3.8, 4) is 0 Å². The van der Waals surface area contributed by atoms with Crippen molar-refractivity contribution in [2.75, 3.05) is 18.4 Å². The fourth-order valence-electron chi connectivity index (χ4n) is 2.73. The molecule has 2 heterocycles. The second-order valence-corrected chi connectivity index (χ2v) is 6.20. The van der Waals surface area contributed by atoms with E-state index in [1.165, 1.54) is 5.56 Å². The van der Waals surface area contributed by atoms with Crippen molar-refractivity contribution in [3.63, 3.8) is 0 Å². The molecule has 2 aromatic heterocycles. The Kier molecular flexibility index (Phi) is 6.56. The Morgan fingerprint density at radius 2 is 2.00 bits per heavy atom. The molecule has 0 fully saturated rings. The number of fused-ring (bicyclic) bond motifs is 1. The van der Waals surface area contributed by atoms with Crippen molar-refractivity contribution in [1.82, 2.24) is 25.2 Å². The number of aryl methyl sites for hydroxylation is 1. The Bertz CT molecular complexity index is 964. The SMILES string of the molecule is CCNC(=NCc1nnc2ccccn12)NCC(=O)Nc1cccc(CC)c1. The molecule has 0 radical (unpaired) electrons. The molecule has 0 aliphatic heterocycles. The summed E-state index contributed by atoms with van der Waals surface area (Å²) in [6.45, 7) is 5.20. The van der Waals surface area contributed by atoms with Crippen LogP contribution in [-0.2, 0) is 17.8 Å². The van der Waals surface area contributed by atoms with Crippen LogP contribution in [0.2, 0.25) is 0 Å². The Morgan fingerprint density at radius 1 is 1.11 bits per heavy atom. The number of benzene rings is 1. The predicted molar refractivity (Wildman–Crippen MR) is 110 cm³/mol. The van der Waals surface area contributed by atoms with E-state index in [4.69, 9.17) is 0 Å². The molecule has 28 heavy (non-hydrogen) atoms. The van der Waals surface area contributed by atoms with Gasteiger partial charge in [0.15, 0.2) is 17.4 Å². The van der Waals surface area contributed by atoms with Gasteiger partial charge in [-0.15, -0.1) is 10.2 Å². The van der Waals surface area contributed by atoms with Crippen LogP contribution in [0.5, 0.6) is 0 Å². The summed E-state index contributed by atoms with van der Waals surface area (Å²) in [6, 6.07) is 13.6. The number of carbonyl (C=O) groups is 1. The fourth-order valence-corrected chi connectivity index (χ4v) is 2.73. The van der Waals surface area contributed by atoms with E-state index in [-0.39, 0.29) is 12.5 Å². The van der Waals surface area contributed by atoms with Gasteiger partial charge in [-0.1, -0.05) is 25.1 Å². The van der Waals surface area contributed by atoms with Crippen LogP contribution in [0.25, 0.3) is 5.65 Å². The van der Waals surface area contributed by atoms with Crippen molar-refractivity contribution in [3.05, 3.63) is 60.0 Å². The summed E-state index contributed by atoms with van der Waals surface area (Å²) in [7, 11) is 0. The lowest BCUT2D eigenvalue weighted by atomic mass is 10.1. The number of nitrogens with zero attached hydrogens (tertiary/aromatic N) is 4. The lowest BCUT2D eigenvalue weighted by Gasteiger charge is -2.11. The van der Waals surface area contributed by atoms with Crippen LogP contribution in [-0.4, -0.2) is 39.6 Å². The average molecular weight is 379 g/mol. The second-order valence-electron chi connectivity index (χ2n) is 6.20. The maximum absolute atomic E-state index is 12.2. The highest BCUT2D eigenvalue weighted by Crippen LogP contribution is 2.10. The number of carbonyl (C=O) groups excluding carboxylic acids is 1. The molecule has 0 spiro atoms. The summed E-state index contributed by atoms with van der Waals surface area (Å²) in [5.41, 5.74) is 2.75. The average Bonchev–Trinajstić information content (AvgIpc) is 3.13. The van der Waals surface area contributed by atoms with Gasteiger partial charge in [0.2, 0.25) is 5.91 Å². The van der Waals surface area contributed by atoms with Gasteiger partial charge in [0, 0.05) is 18.4 Å². The minimum absolute atomic E-state index is 0.114. The first-order valence-corrected chi connectivity index (χ1v) is 9.39. The quantitative estimate of drug-likeness (QED) is 0.431. The summed E-state index contributed by atoms with van der Waals surface area (Å²) in [4.78, 5) is 16.7. The van der Waals surface area contributed by atoms with E-state index in [1.54, 1.807) is 0 Å². The summed E-state index contributed by atoms with van der Waals surface area (Å²) in [5.74, 6) is 1.15. The molecule has 0 saturated heterocycles. The van der Waals surface area contributed by atoms with Crippen molar-refractivity contribution < 1.29 is 4.79 Å². The van der Waals surface area contributed by atoms with Crippen molar-refractivity contribution in [1.29, 1.82) is 0 Å². The molecular weight excluding hydrogens is 354 g/mol. The van der Waals surface area contributed by atoms with Crippen LogP contribution < -0.4 is 16.0 Å². The number of rotatable bonds is 7. The maximum atomic E-state index is 12.2. The van der Waals surface area contributed by atoms with Gasteiger partial charge in [0.25, 0.3) is 0 Å². The highest BCUT2D eigenvalue weighted by molar-refractivity contribution is 5.95. The number of nitrogens with one attached hydrogen (secondary N) is 3. The molecule has 8 nitrogen and oxygen atoms in total.